The third-order valence-corrected chi connectivity index (χ3v) is 14.7. The summed E-state index contributed by atoms with van der Waals surface area (Å²) in [7, 11) is 1.78. The lowest BCUT2D eigenvalue weighted by Crippen LogP contribution is -2.45. The molecule has 0 aliphatic heterocycles. The van der Waals surface area contributed by atoms with Gasteiger partial charge in [0.05, 0.1) is 46.3 Å². The Morgan fingerprint density at radius 1 is 0.547 bits per heavy atom. The molecule has 0 spiro atoms. The second-order valence-electron chi connectivity index (χ2n) is 22.7. The fraction of sp³-hybridized carbons (Fsp3) is 1.00. The molecular formula is C47H94O6. The fourth-order valence-corrected chi connectivity index (χ4v) is 7.28. The summed E-state index contributed by atoms with van der Waals surface area (Å²) in [6.45, 7) is 50.4. The van der Waals surface area contributed by atoms with E-state index in [4.69, 9.17) is 28.4 Å². The maximum Gasteiger partial charge on any atom is 0.0683 e. The van der Waals surface area contributed by atoms with Crippen molar-refractivity contribution in [2.45, 2.75) is 243 Å². The van der Waals surface area contributed by atoms with Crippen LogP contribution in [0, 0.1) is 27.6 Å². The summed E-state index contributed by atoms with van der Waals surface area (Å²) in [6.07, 6.45) is 9.65. The molecule has 3 unspecified atom stereocenters. The predicted octanol–water partition coefficient (Wildman–Crippen LogP) is 13.0. The normalized spacial score (nSPS) is 20.6. The summed E-state index contributed by atoms with van der Waals surface area (Å²) in [6, 6.07) is 0. The van der Waals surface area contributed by atoms with Gasteiger partial charge in [0, 0.05) is 38.8 Å². The van der Waals surface area contributed by atoms with Gasteiger partial charge in [-0.15, -0.1) is 0 Å². The van der Waals surface area contributed by atoms with Crippen molar-refractivity contribution in [3.63, 3.8) is 0 Å². The molecule has 0 amide bonds. The molecule has 1 aliphatic rings. The van der Waals surface area contributed by atoms with Crippen molar-refractivity contribution >= 4 is 0 Å². The molecule has 0 saturated heterocycles. The molecule has 0 aromatic heterocycles. The summed E-state index contributed by atoms with van der Waals surface area (Å²) < 4.78 is 38.2. The van der Waals surface area contributed by atoms with Gasteiger partial charge >= 0.3 is 0 Å². The Kier molecular flexibility index (Phi) is 17.8. The quantitative estimate of drug-likeness (QED) is 0.0779. The summed E-state index contributed by atoms with van der Waals surface area (Å²) in [5.74, 6) is 0.575. The molecule has 6 heteroatoms. The second-order valence-corrected chi connectivity index (χ2v) is 22.7. The first kappa shape index (κ1) is 50.8. The van der Waals surface area contributed by atoms with Gasteiger partial charge in [0.1, 0.15) is 0 Å². The number of rotatable bonds is 27. The first-order chi connectivity index (χ1) is 23.6. The minimum absolute atomic E-state index is 0.0331. The summed E-state index contributed by atoms with van der Waals surface area (Å²) in [4.78, 5) is 0. The lowest BCUT2D eigenvalue weighted by atomic mass is 9.72. The average Bonchev–Trinajstić information content (AvgIpc) is 3.66. The Labute approximate surface area is 331 Å². The van der Waals surface area contributed by atoms with Crippen molar-refractivity contribution in [1.29, 1.82) is 0 Å². The van der Waals surface area contributed by atoms with Crippen LogP contribution in [0.1, 0.15) is 203 Å². The molecular weight excluding hydrogens is 661 g/mol. The van der Waals surface area contributed by atoms with Gasteiger partial charge in [-0.1, -0.05) is 61.3 Å². The molecule has 1 fully saturated rings. The molecule has 3 atom stereocenters. The zero-order valence-corrected chi connectivity index (χ0v) is 39.8. The Hall–Kier alpha value is -0.240. The zero-order chi connectivity index (χ0) is 41.6. The largest absolute Gasteiger partial charge is 0.379 e. The van der Waals surface area contributed by atoms with Crippen molar-refractivity contribution in [2.24, 2.45) is 27.6 Å². The SMILES string of the molecule is COC(C)(C)CC(C)OC(C)(C)C(C)(C)CCCCOC(C)(C)C(C)(C)CCOC(C)(C)C(C)(C)CCCCOC(C)(C)C1(C)CC1COC(C)(C)C. The van der Waals surface area contributed by atoms with Crippen LogP contribution in [0.5, 0.6) is 0 Å². The molecule has 0 bridgehead atoms. The highest BCUT2D eigenvalue weighted by molar-refractivity contribution is 5.09. The maximum atomic E-state index is 6.70. The van der Waals surface area contributed by atoms with Crippen LogP contribution in [0.4, 0.5) is 0 Å². The molecule has 53 heavy (non-hydrogen) atoms. The van der Waals surface area contributed by atoms with E-state index in [2.05, 4.69) is 145 Å². The highest BCUT2D eigenvalue weighted by Gasteiger charge is 2.60. The Balaban J connectivity index is 2.49. The zero-order valence-electron chi connectivity index (χ0n) is 39.8. The predicted molar refractivity (Wildman–Crippen MR) is 226 cm³/mol. The van der Waals surface area contributed by atoms with Crippen LogP contribution in [-0.4, -0.2) is 73.2 Å². The first-order valence-corrected chi connectivity index (χ1v) is 21.4. The minimum atomic E-state index is -0.261. The van der Waals surface area contributed by atoms with Crippen molar-refractivity contribution < 1.29 is 28.4 Å². The van der Waals surface area contributed by atoms with Gasteiger partial charge in [-0.05, 0) is 158 Å². The Morgan fingerprint density at radius 2 is 0.981 bits per heavy atom. The number of unbranched alkanes of at least 4 members (excludes halogenated alkanes) is 2. The summed E-state index contributed by atoms with van der Waals surface area (Å²) >= 11 is 0. The minimum Gasteiger partial charge on any atom is -0.379 e. The molecule has 0 aromatic rings. The van der Waals surface area contributed by atoms with E-state index in [0.717, 1.165) is 77.8 Å². The molecule has 0 aromatic carbocycles. The molecule has 0 heterocycles. The van der Waals surface area contributed by atoms with Gasteiger partial charge in [-0.2, -0.15) is 0 Å². The van der Waals surface area contributed by atoms with Gasteiger partial charge < -0.3 is 28.4 Å². The number of ether oxygens (including phenoxy) is 6. The maximum absolute atomic E-state index is 6.70. The third-order valence-electron chi connectivity index (χ3n) is 14.7. The Morgan fingerprint density at radius 3 is 1.45 bits per heavy atom. The van der Waals surface area contributed by atoms with Gasteiger partial charge in [0.15, 0.2) is 0 Å². The third kappa shape index (κ3) is 15.2. The second kappa shape index (κ2) is 18.6. The smallest absolute Gasteiger partial charge is 0.0683 e. The van der Waals surface area contributed by atoms with Crippen LogP contribution in [0.25, 0.3) is 0 Å². The van der Waals surface area contributed by atoms with Crippen molar-refractivity contribution in [2.75, 3.05) is 33.5 Å². The molecule has 6 nitrogen and oxygen atoms in total. The van der Waals surface area contributed by atoms with Crippen LogP contribution in [0.2, 0.25) is 0 Å². The van der Waals surface area contributed by atoms with Crippen LogP contribution in [0.3, 0.4) is 0 Å². The van der Waals surface area contributed by atoms with Crippen LogP contribution >= 0.6 is 0 Å². The number of hydrogen-bond donors (Lipinski definition) is 0. The molecule has 1 saturated carbocycles. The Bertz CT molecular complexity index is 1080. The van der Waals surface area contributed by atoms with E-state index in [1.807, 2.05) is 0 Å². The van der Waals surface area contributed by atoms with Crippen molar-refractivity contribution in [3.05, 3.63) is 0 Å². The highest BCUT2D eigenvalue weighted by Crippen LogP contribution is 2.60. The van der Waals surface area contributed by atoms with E-state index in [9.17, 15) is 0 Å². The van der Waals surface area contributed by atoms with Gasteiger partial charge in [0.25, 0.3) is 0 Å². The van der Waals surface area contributed by atoms with Crippen LogP contribution in [0.15, 0.2) is 0 Å². The monoisotopic (exact) mass is 755 g/mol. The molecule has 318 valence electrons. The van der Waals surface area contributed by atoms with E-state index in [1.165, 1.54) is 6.42 Å². The summed E-state index contributed by atoms with van der Waals surface area (Å²) in [5, 5.41) is 0. The average molecular weight is 755 g/mol. The lowest BCUT2D eigenvalue weighted by Gasteiger charge is -2.45. The van der Waals surface area contributed by atoms with E-state index >= 15 is 0 Å². The lowest BCUT2D eigenvalue weighted by molar-refractivity contribution is -0.152. The standard InChI is InChI=1S/C47H94O6/c1-36(33-42(11,12)48-22)53-45(17,18)40(7,8)28-24-25-30-49-44(15,16)41(9,10)29-32-51-43(13,14)39(5,6)27-23-26-31-50-46(19,20)47(21)34-37(47)35-52-38(2,3)4/h36-37H,23-35H2,1-22H3. The molecule has 0 radical (unpaired) electrons. The van der Waals surface area contributed by atoms with Crippen molar-refractivity contribution in [1.82, 2.24) is 0 Å². The molecule has 0 N–H and O–H groups in total. The van der Waals surface area contributed by atoms with Crippen molar-refractivity contribution in [3.8, 4) is 0 Å². The summed E-state index contributed by atoms with van der Waals surface area (Å²) in [5.41, 5.74) is -0.931. The van der Waals surface area contributed by atoms with E-state index in [0.29, 0.717) is 5.92 Å². The highest BCUT2D eigenvalue weighted by atomic mass is 16.5. The first-order valence-electron chi connectivity index (χ1n) is 21.4. The van der Waals surface area contributed by atoms with E-state index < -0.39 is 0 Å². The van der Waals surface area contributed by atoms with Crippen LogP contribution in [-0.2, 0) is 28.4 Å². The van der Waals surface area contributed by atoms with Gasteiger partial charge in [-0.3, -0.25) is 0 Å². The number of hydrogen-bond acceptors (Lipinski definition) is 6. The van der Waals surface area contributed by atoms with E-state index in [-0.39, 0.29) is 61.4 Å². The fourth-order valence-electron chi connectivity index (χ4n) is 7.28. The van der Waals surface area contributed by atoms with E-state index in [1.54, 1.807) is 7.11 Å². The van der Waals surface area contributed by atoms with Gasteiger partial charge in [-0.25, -0.2) is 0 Å². The molecule has 1 rings (SSSR count). The van der Waals surface area contributed by atoms with Crippen LogP contribution < -0.4 is 0 Å². The number of methoxy groups -OCH3 is 1. The topological polar surface area (TPSA) is 55.4 Å². The van der Waals surface area contributed by atoms with Gasteiger partial charge in [0.2, 0.25) is 0 Å². The molecule has 1 aliphatic carbocycles.